The summed E-state index contributed by atoms with van der Waals surface area (Å²) in [6, 6.07) is 9.79. The van der Waals surface area contributed by atoms with Crippen LogP contribution in [0.4, 0.5) is 4.79 Å². The summed E-state index contributed by atoms with van der Waals surface area (Å²) in [5, 5.41) is 21.5. The van der Waals surface area contributed by atoms with Crippen LogP contribution in [-0.4, -0.2) is 51.2 Å². The lowest BCUT2D eigenvalue weighted by Gasteiger charge is -2.58. The molecule has 2 aromatic rings. The Labute approximate surface area is 205 Å². The molecule has 4 fully saturated rings. The van der Waals surface area contributed by atoms with Gasteiger partial charge in [-0.15, -0.1) is 0 Å². The van der Waals surface area contributed by atoms with Crippen molar-refractivity contribution in [1.29, 1.82) is 0 Å². The Kier molecular flexibility index (Phi) is 5.95. The summed E-state index contributed by atoms with van der Waals surface area (Å²) in [5.74, 6) is 1.10. The molecule has 8 nitrogen and oxygen atoms in total. The molecule has 0 spiro atoms. The number of hydrogen-bond acceptors (Lipinski definition) is 5. The average Bonchev–Trinajstić information content (AvgIpc) is 3.23. The minimum atomic E-state index is -0.684. The number of alkyl carbamates (subject to hydrolysis) is 1. The molecule has 6 rings (SSSR count). The second kappa shape index (κ2) is 8.82. The van der Waals surface area contributed by atoms with Gasteiger partial charge in [-0.05, 0) is 69.8 Å². The van der Waals surface area contributed by atoms with E-state index in [0.29, 0.717) is 29.0 Å². The van der Waals surface area contributed by atoms with Gasteiger partial charge in [-0.1, -0.05) is 30.3 Å². The van der Waals surface area contributed by atoms with Crippen LogP contribution in [0.25, 0.3) is 17.5 Å². The highest BCUT2D eigenvalue weighted by Crippen LogP contribution is 2.55. The Morgan fingerprint density at radius 1 is 1.17 bits per heavy atom. The van der Waals surface area contributed by atoms with Gasteiger partial charge in [0.25, 0.3) is 5.91 Å². The first-order valence-corrected chi connectivity index (χ1v) is 12.4. The molecule has 4 aliphatic carbocycles. The molecule has 4 aliphatic rings. The first kappa shape index (κ1) is 23.6. The van der Waals surface area contributed by atoms with Crippen molar-refractivity contribution in [2.24, 2.45) is 17.8 Å². The van der Waals surface area contributed by atoms with Crippen LogP contribution in [0.1, 0.15) is 56.3 Å². The zero-order valence-corrected chi connectivity index (χ0v) is 20.5. The van der Waals surface area contributed by atoms with Crippen molar-refractivity contribution < 1.29 is 19.4 Å². The number of methoxy groups -OCH3 is 1. The van der Waals surface area contributed by atoms with E-state index in [0.717, 1.165) is 37.7 Å². The maximum Gasteiger partial charge on any atom is 0.407 e. The fraction of sp³-hybridized carbons (Fsp3) is 0.519. The Hall–Kier alpha value is -3.13. The van der Waals surface area contributed by atoms with E-state index in [9.17, 15) is 14.7 Å². The predicted molar refractivity (Wildman–Crippen MR) is 132 cm³/mol. The summed E-state index contributed by atoms with van der Waals surface area (Å²) in [7, 11) is 1.32. The Morgan fingerprint density at radius 3 is 2.49 bits per heavy atom. The van der Waals surface area contributed by atoms with Crippen molar-refractivity contribution in [1.82, 2.24) is 20.4 Å². The van der Waals surface area contributed by atoms with Gasteiger partial charge in [0, 0.05) is 17.8 Å². The smallest absolute Gasteiger partial charge is 0.407 e. The van der Waals surface area contributed by atoms with Crippen molar-refractivity contribution in [3.8, 4) is 11.3 Å². The fourth-order valence-corrected chi connectivity index (χ4v) is 6.58. The minimum Gasteiger partial charge on any atom is -0.453 e. The van der Waals surface area contributed by atoms with Gasteiger partial charge in [-0.2, -0.15) is 5.10 Å². The Bertz CT molecular complexity index is 1120. The lowest BCUT2D eigenvalue weighted by Crippen LogP contribution is -2.61. The van der Waals surface area contributed by atoms with E-state index in [1.165, 1.54) is 7.11 Å². The maximum absolute atomic E-state index is 13.6. The lowest BCUT2D eigenvalue weighted by atomic mass is 9.52. The molecular weight excluding hydrogens is 444 g/mol. The Balaban J connectivity index is 1.41. The number of rotatable bonds is 6. The number of benzene rings is 1. The maximum atomic E-state index is 13.6. The zero-order valence-electron chi connectivity index (χ0n) is 20.5. The molecule has 1 aromatic carbocycles. The monoisotopic (exact) mass is 478 g/mol. The number of carbonyl (C=O) groups is 2. The first-order chi connectivity index (χ1) is 16.7. The highest BCUT2D eigenvalue weighted by Gasteiger charge is 2.55. The lowest BCUT2D eigenvalue weighted by molar-refractivity contribution is -0.136. The number of nitrogens with one attached hydrogen (secondary N) is 2. The summed E-state index contributed by atoms with van der Waals surface area (Å²) < 4.78 is 6.38. The SMILES string of the molecule is COC(=O)NC(C)(C)C=Cn1ncc(C(=O)NC2C3CC4CC2CC(O)(C4)C3)c1-c1ccccc1. The average molecular weight is 479 g/mol. The molecule has 2 unspecified atom stereocenters. The number of hydrogen-bond donors (Lipinski definition) is 3. The number of nitrogens with zero attached hydrogens (tertiary/aromatic N) is 2. The van der Waals surface area contributed by atoms with Crippen LogP contribution in [0, 0.1) is 17.8 Å². The van der Waals surface area contributed by atoms with Gasteiger partial charge >= 0.3 is 6.09 Å². The molecule has 8 heteroatoms. The molecule has 2 amide bonds. The van der Waals surface area contributed by atoms with Gasteiger partial charge in [0.05, 0.1) is 35.7 Å². The van der Waals surface area contributed by atoms with Gasteiger partial charge < -0.3 is 20.5 Å². The molecule has 2 atom stereocenters. The van der Waals surface area contributed by atoms with Crippen molar-refractivity contribution in [2.45, 2.75) is 63.1 Å². The highest BCUT2D eigenvalue weighted by atomic mass is 16.5. The summed E-state index contributed by atoms with van der Waals surface area (Å²) in [4.78, 5) is 25.3. The standard InChI is InChI=1S/C27H34N4O4/c1-26(2,30-25(33)35-3)9-10-31-23(18-7-5-4-6-8-18)21(16-28-31)24(32)29-22-19-11-17-12-20(22)15-27(34,13-17)14-19/h4-10,16-17,19-20,22,34H,11-15H2,1-3H3,(H,29,32)(H,30,33). The van der Waals surface area contributed by atoms with Crippen LogP contribution in [0.3, 0.4) is 0 Å². The molecule has 4 bridgehead atoms. The van der Waals surface area contributed by atoms with E-state index >= 15 is 0 Å². The molecule has 3 N–H and O–H groups in total. The molecule has 0 aliphatic heterocycles. The molecule has 0 radical (unpaired) electrons. The summed E-state index contributed by atoms with van der Waals surface area (Å²) >= 11 is 0. The van der Waals surface area contributed by atoms with Gasteiger partial charge in [-0.3, -0.25) is 4.79 Å². The Morgan fingerprint density at radius 2 is 1.86 bits per heavy atom. The minimum absolute atomic E-state index is 0.0880. The van der Waals surface area contributed by atoms with E-state index in [2.05, 4.69) is 15.7 Å². The zero-order chi connectivity index (χ0) is 24.8. The predicted octanol–water partition coefficient (Wildman–Crippen LogP) is 3.82. The van der Waals surface area contributed by atoms with Crippen molar-refractivity contribution in [2.75, 3.05) is 7.11 Å². The molecule has 1 aromatic heterocycles. The van der Waals surface area contributed by atoms with E-state index in [-0.39, 0.29) is 11.9 Å². The fourth-order valence-electron chi connectivity index (χ4n) is 6.58. The van der Waals surface area contributed by atoms with Gasteiger partial charge in [-0.25, -0.2) is 9.48 Å². The largest absolute Gasteiger partial charge is 0.453 e. The second-order valence-electron chi connectivity index (χ2n) is 11.1. The number of amides is 2. The quantitative estimate of drug-likeness (QED) is 0.585. The summed E-state index contributed by atoms with van der Waals surface area (Å²) in [6.07, 6.45) is 9.28. The van der Waals surface area contributed by atoms with E-state index in [1.807, 2.05) is 50.3 Å². The van der Waals surface area contributed by atoms with Crippen LogP contribution in [-0.2, 0) is 4.74 Å². The first-order valence-electron chi connectivity index (χ1n) is 12.4. The number of ether oxygens (including phenoxy) is 1. The summed E-state index contributed by atoms with van der Waals surface area (Å²) in [5.41, 5.74) is 0.852. The highest BCUT2D eigenvalue weighted by molar-refractivity contribution is 6.00. The van der Waals surface area contributed by atoms with Gasteiger partial charge in [0.1, 0.15) is 0 Å². The molecular formula is C27H34N4O4. The molecule has 35 heavy (non-hydrogen) atoms. The molecule has 1 heterocycles. The van der Waals surface area contributed by atoms with E-state index in [4.69, 9.17) is 4.74 Å². The third kappa shape index (κ3) is 4.72. The molecule has 4 saturated carbocycles. The number of aliphatic hydroxyl groups is 1. The molecule has 0 saturated heterocycles. The van der Waals surface area contributed by atoms with Crippen molar-refractivity contribution in [3.05, 3.63) is 48.2 Å². The second-order valence-corrected chi connectivity index (χ2v) is 11.1. The van der Waals surface area contributed by atoms with Gasteiger partial charge in [0.15, 0.2) is 0 Å². The van der Waals surface area contributed by atoms with Crippen LogP contribution in [0.5, 0.6) is 0 Å². The summed E-state index contributed by atoms with van der Waals surface area (Å²) in [6.45, 7) is 3.69. The van der Waals surface area contributed by atoms with E-state index < -0.39 is 17.2 Å². The van der Waals surface area contributed by atoms with Crippen LogP contribution in [0.15, 0.2) is 42.6 Å². The molecule has 186 valence electrons. The van der Waals surface area contributed by atoms with Gasteiger partial charge in [0.2, 0.25) is 0 Å². The van der Waals surface area contributed by atoms with Crippen LogP contribution >= 0.6 is 0 Å². The van der Waals surface area contributed by atoms with Crippen LogP contribution in [0.2, 0.25) is 0 Å². The van der Waals surface area contributed by atoms with E-state index in [1.54, 1.807) is 17.1 Å². The van der Waals surface area contributed by atoms with Crippen molar-refractivity contribution >= 4 is 18.2 Å². The van der Waals surface area contributed by atoms with Crippen molar-refractivity contribution in [3.63, 3.8) is 0 Å². The van der Waals surface area contributed by atoms with Crippen LogP contribution < -0.4 is 10.6 Å². The third-order valence-corrected chi connectivity index (χ3v) is 7.87. The number of carbonyl (C=O) groups excluding carboxylic acids is 2. The normalized spacial score (nSPS) is 29.4. The topological polar surface area (TPSA) is 105 Å². The number of aromatic nitrogens is 2. The third-order valence-electron chi connectivity index (χ3n) is 7.87.